The smallest absolute Gasteiger partial charge is 0.334 e. The number of rotatable bonds is 5. The summed E-state index contributed by atoms with van der Waals surface area (Å²) in [4.78, 5) is 34.4. The average Bonchev–Trinajstić information content (AvgIpc) is 2.83. The molecule has 4 saturated heterocycles. The second kappa shape index (κ2) is 7.20. The Bertz CT molecular complexity index is 689. The van der Waals surface area contributed by atoms with Crippen molar-refractivity contribution in [3.05, 3.63) is 0 Å². The van der Waals surface area contributed by atoms with Crippen LogP contribution in [0.1, 0.15) is 46.5 Å². The Hall–Kier alpha value is -1.20. The minimum atomic E-state index is -1.16. The molecule has 4 heterocycles. The summed E-state index contributed by atoms with van der Waals surface area (Å²) < 4.78 is 22.5. The lowest BCUT2D eigenvalue weighted by Gasteiger charge is -2.64. The Kier molecular flexibility index (Phi) is 5.22. The van der Waals surface area contributed by atoms with Gasteiger partial charge in [-0.3, -0.25) is 0 Å². The summed E-state index contributed by atoms with van der Waals surface area (Å²) in [6.45, 7) is 4.76. The quantitative estimate of drug-likeness (QED) is 0.410. The molecule has 160 valence electrons. The van der Waals surface area contributed by atoms with Crippen LogP contribution in [0.4, 0.5) is 0 Å². The van der Waals surface area contributed by atoms with Crippen LogP contribution in [0.2, 0.25) is 5.31 Å². The number of esters is 1. The van der Waals surface area contributed by atoms with E-state index in [9.17, 15) is 9.59 Å². The maximum absolute atomic E-state index is 12.1. The number of fused-ring (bicyclic) bond motifs is 2. The fourth-order valence-corrected chi connectivity index (χ4v) is 5.41. The minimum Gasteiger partial charge on any atom is -0.480 e. The van der Waals surface area contributed by atoms with Crippen molar-refractivity contribution in [1.82, 2.24) is 0 Å². The number of carbonyl (C=O) groups excluding carboxylic acids is 1. The predicted octanol–water partition coefficient (Wildman–Crippen LogP) is 1.55. The summed E-state index contributed by atoms with van der Waals surface area (Å²) in [6.07, 6.45) is 1.19. The van der Waals surface area contributed by atoms with Gasteiger partial charge in [0.15, 0.2) is 11.9 Å². The van der Waals surface area contributed by atoms with E-state index >= 15 is 0 Å². The third-order valence-corrected chi connectivity index (χ3v) is 7.14. The topological polar surface area (TPSA) is 110 Å². The number of carboxylic acid groups (broad SMARTS) is 1. The molecule has 10 heteroatoms. The maximum Gasteiger partial charge on any atom is 0.334 e. The Morgan fingerprint density at radius 2 is 1.93 bits per heavy atom. The fourth-order valence-electron chi connectivity index (χ4n) is 5.41. The molecule has 5 fully saturated rings. The van der Waals surface area contributed by atoms with Crippen LogP contribution in [0.5, 0.6) is 0 Å². The van der Waals surface area contributed by atoms with E-state index in [4.69, 9.17) is 41.7 Å². The lowest BCUT2D eigenvalue weighted by Crippen LogP contribution is -2.72. The van der Waals surface area contributed by atoms with Gasteiger partial charge < -0.3 is 24.1 Å². The lowest BCUT2D eigenvalue weighted by molar-refractivity contribution is -0.574. The summed E-state index contributed by atoms with van der Waals surface area (Å²) >= 11 is 0. The van der Waals surface area contributed by atoms with Gasteiger partial charge in [0, 0.05) is 18.3 Å². The zero-order valence-electron chi connectivity index (χ0n) is 16.9. The summed E-state index contributed by atoms with van der Waals surface area (Å²) in [6, 6.07) is 0. The fraction of sp³-hybridized carbons (Fsp3) is 0.895. The molecule has 1 spiro atoms. The molecule has 1 saturated carbocycles. The molecule has 8 atom stereocenters. The van der Waals surface area contributed by atoms with Gasteiger partial charge in [0.2, 0.25) is 12.1 Å². The van der Waals surface area contributed by atoms with E-state index in [1.165, 1.54) is 0 Å². The van der Waals surface area contributed by atoms with Gasteiger partial charge in [0.1, 0.15) is 13.2 Å². The van der Waals surface area contributed by atoms with Gasteiger partial charge in [0.25, 0.3) is 0 Å². The predicted molar refractivity (Wildman–Crippen MR) is 96.3 cm³/mol. The molecule has 4 aliphatic heterocycles. The highest BCUT2D eigenvalue weighted by molar-refractivity contribution is 6.16. The monoisotopic (exact) mass is 410 g/mol. The van der Waals surface area contributed by atoms with E-state index in [1.54, 1.807) is 6.92 Å². The van der Waals surface area contributed by atoms with E-state index < -0.39 is 54.4 Å². The summed E-state index contributed by atoms with van der Waals surface area (Å²) in [5, 5.41) is 7.91. The van der Waals surface area contributed by atoms with Crippen LogP contribution in [-0.2, 0) is 38.3 Å². The van der Waals surface area contributed by atoms with Crippen LogP contribution in [0.3, 0.4) is 0 Å². The first kappa shape index (κ1) is 21.1. The van der Waals surface area contributed by atoms with Crippen LogP contribution in [0.25, 0.3) is 0 Å². The summed E-state index contributed by atoms with van der Waals surface area (Å²) in [5.41, 5.74) is -0.997. The molecule has 29 heavy (non-hydrogen) atoms. The van der Waals surface area contributed by atoms with E-state index in [1.807, 2.05) is 6.92 Å². The van der Waals surface area contributed by atoms with Crippen molar-refractivity contribution in [1.29, 1.82) is 0 Å². The van der Waals surface area contributed by atoms with Crippen molar-refractivity contribution in [2.45, 2.75) is 75.7 Å². The number of aliphatic carboxylic acids is 1. The van der Waals surface area contributed by atoms with Crippen molar-refractivity contribution < 1.29 is 43.4 Å². The van der Waals surface area contributed by atoms with Crippen molar-refractivity contribution >= 4 is 19.8 Å². The SMILES string of the molecule is [B][C@@]12CC[C@]3(C)OO[C@@]14C(CC[C@H]2C)[C@@H](C)C(OC(=O)COCC(=O)O)O[C@@H]4O3. The molecule has 0 aromatic rings. The highest BCUT2D eigenvalue weighted by Gasteiger charge is 2.73. The molecular formula is C19H27BO9. The van der Waals surface area contributed by atoms with Crippen molar-refractivity contribution in [2.75, 3.05) is 13.2 Å². The Labute approximate surface area is 170 Å². The highest BCUT2D eigenvalue weighted by atomic mass is 17.3. The minimum absolute atomic E-state index is 0.108. The zero-order chi connectivity index (χ0) is 21.0. The molecule has 9 nitrogen and oxygen atoms in total. The van der Waals surface area contributed by atoms with Crippen LogP contribution in [0, 0.1) is 17.8 Å². The molecule has 2 unspecified atom stereocenters. The van der Waals surface area contributed by atoms with E-state index in [2.05, 4.69) is 6.92 Å². The summed E-state index contributed by atoms with van der Waals surface area (Å²) in [5.74, 6) is -3.03. The molecule has 2 bridgehead atoms. The highest BCUT2D eigenvalue weighted by Crippen LogP contribution is 2.68. The Balaban J connectivity index is 1.57. The van der Waals surface area contributed by atoms with E-state index in [0.29, 0.717) is 12.8 Å². The van der Waals surface area contributed by atoms with Crippen molar-refractivity contribution in [3.63, 3.8) is 0 Å². The molecule has 0 aromatic heterocycles. The van der Waals surface area contributed by atoms with Gasteiger partial charge in [-0.05, 0) is 31.0 Å². The number of carboxylic acids is 1. The number of carbonyl (C=O) groups is 2. The summed E-state index contributed by atoms with van der Waals surface area (Å²) in [7, 11) is 6.98. The standard InChI is InChI=1S/C19H27BO9/c1-10-4-5-12-11(2)15(25-14(23)9-24-8-13(21)22)26-16-19(12)18(10,20)7-6-17(3,27-16)28-29-19/h10-12,15-16H,4-9H2,1-3H3,(H,21,22)/t10-,11-,12?,15?,16-,17+,18-,19-/m1/s1. The first-order valence-electron chi connectivity index (χ1n) is 10.1. The van der Waals surface area contributed by atoms with Gasteiger partial charge in [0.05, 0.1) is 7.85 Å². The Morgan fingerprint density at radius 3 is 2.66 bits per heavy atom. The third kappa shape index (κ3) is 3.20. The average molecular weight is 410 g/mol. The third-order valence-electron chi connectivity index (χ3n) is 7.14. The Morgan fingerprint density at radius 1 is 1.17 bits per heavy atom. The first-order valence-corrected chi connectivity index (χ1v) is 10.1. The molecule has 0 aromatic carbocycles. The molecule has 0 amide bonds. The molecule has 5 rings (SSSR count). The van der Waals surface area contributed by atoms with Crippen molar-refractivity contribution in [3.8, 4) is 0 Å². The second-order valence-electron chi connectivity index (χ2n) is 8.91. The first-order chi connectivity index (χ1) is 13.6. The van der Waals surface area contributed by atoms with Gasteiger partial charge in [-0.2, -0.15) is 0 Å². The number of hydrogen-bond donors (Lipinski definition) is 1. The van der Waals surface area contributed by atoms with Crippen LogP contribution in [0.15, 0.2) is 0 Å². The normalized spacial score (nSPS) is 48.4. The van der Waals surface area contributed by atoms with Gasteiger partial charge in [-0.15, -0.1) is 0 Å². The molecule has 2 radical (unpaired) electrons. The maximum atomic E-state index is 12.1. The van der Waals surface area contributed by atoms with Gasteiger partial charge in [-0.1, -0.05) is 20.3 Å². The van der Waals surface area contributed by atoms with Crippen molar-refractivity contribution in [2.24, 2.45) is 17.8 Å². The van der Waals surface area contributed by atoms with Crippen LogP contribution in [-0.4, -0.2) is 62.1 Å². The molecule has 1 aliphatic carbocycles. The van der Waals surface area contributed by atoms with Gasteiger partial charge >= 0.3 is 11.9 Å². The largest absolute Gasteiger partial charge is 0.480 e. The van der Waals surface area contributed by atoms with E-state index in [-0.39, 0.29) is 17.8 Å². The molecule has 5 aliphatic rings. The zero-order valence-corrected chi connectivity index (χ0v) is 16.9. The number of ether oxygens (including phenoxy) is 4. The second-order valence-corrected chi connectivity index (χ2v) is 8.91. The van der Waals surface area contributed by atoms with Crippen LogP contribution >= 0.6 is 0 Å². The number of hydrogen-bond acceptors (Lipinski definition) is 8. The van der Waals surface area contributed by atoms with E-state index in [0.717, 1.165) is 12.8 Å². The van der Waals surface area contributed by atoms with Crippen LogP contribution < -0.4 is 0 Å². The molecular weight excluding hydrogens is 383 g/mol. The lowest BCUT2D eigenvalue weighted by atomic mass is 9.42. The molecule has 1 N–H and O–H groups in total. The van der Waals surface area contributed by atoms with Gasteiger partial charge in [-0.25, -0.2) is 19.4 Å².